The van der Waals surface area contributed by atoms with E-state index in [1.54, 1.807) is 18.1 Å². The number of ether oxygens (including phenoxy) is 1. The molecule has 2 unspecified atom stereocenters. The van der Waals surface area contributed by atoms with Crippen LogP contribution in [0.25, 0.3) is 11.3 Å². The number of benzene rings is 1. The lowest BCUT2D eigenvalue weighted by atomic mass is 9.87. The van der Waals surface area contributed by atoms with Crippen LogP contribution < -0.4 is 4.74 Å². The third kappa shape index (κ3) is 3.50. The second kappa shape index (κ2) is 6.96. The number of aliphatic carboxylic acids is 1. The lowest BCUT2D eigenvalue weighted by molar-refractivity contribution is -0.145. The predicted molar refractivity (Wildman–Crippen MR) is 91.4 cm³/mol. The SMILES string of the molecule is COc1ccc(-c2cc(C(=O)N3CCC(C(=O)O)C(C)C3)[nH]n2)cc1. The molecule has 1 aliphatic rings. The smallest absolute Gasteiger partial charge is 0.306 e. The quantitative estimate of drug-likeness (QED) is 0.888. The second-order valence-electron chi connectivity index (χ2n) is 6.36. The fourth-order valence-corrected chi connectivity index (χ4v) is 3.21. The van der Waals surface area contributed by atoms with Gasteiger partial charge in [0.2, 0.25) is 0 Å². The highest BCUT2D eigenvalue weighted by Crippen LogP contribution is 2.26. The summed E-state index contributed by atoms with van der Waals surface area (Å²) in [6.07, 6.45) is 0.474. The highest BCUT2D eigenvalue weighted by molar-refractivity contribution is 5.93. The van der Waals surface area contributed by atoms with Crippen molar-refractivity contribution < 1.29 is 19.4 Å². The summed E-state index contributed by atoms with van der Waals surface area (Å²) >= 11 is 0. The number of nitrogens with one attached hydrogen (secondary N) is 1. The molecule has 25 heavy (non-hydrogen) atoms. The molecule has 2 N–H and O–H groups in total. The number of amides is 1. The number of likely N-dealkylation sites (tertiary alicyclic amines) is 1. The molecule has 3 rings (SSSR count). The molecule has 1 aromatic heterocycles. The van der Waals surface area contributed by atoms with Crippen molar-refractivity contribution in [1.29, 1.82) is 0 Å². The van der Waals surface area contributed by atoms with Gasteiger partial charge in [0.1, 0.15) is 11.4 Å². The molecule has 2 aromatic rings. The Morgan fingerprint density at radius 3 is 2.64 bits per heavy atom. The molecular weight excluding hydrogens is 322 g/mol. The van der Waals surface area contributed by atoms with Gasteiger partial charge < -0.3 is 14.7 Å². The van der Waals surface area contributed by atoms with E-state index in [2.05, 4.69) is 10.2 Å². The first-order valence-electron chi connectivity index (χ1n) is 8.21. The molecule has 0 bridgehead atoms. The summed E-state index contributed by atoms with van der Waals surface area (Å²) in [5.41, 5.74) is 1.97. The fourth-order valence-electron chi connectivity index (χ4n) is 3.21. The molecule has 0 aliphatic carbocycles. The number of carboxylic acids is 1. The van der Waals surface area contributed by atoms with E-state index in [0.717, 1.165) is 11.3 Å². The van der Waals surface area contributed by atoms with E-state index in [4.69, 9.17) is 4.74 Å². The van der Waals surface area contributed by atoms with Gasteiger partial charge in [0, 0.05) is 18.7 Å². The molecule has 132 valence electrons. The first-order valence-corrected chi connectivity index (χ1v) is 8.21. The summed E-state index contributed by atoms with van der Waals surface area (Å²) in [5, 5.41) is 16.2. The first kappa shape index (κ1) is 17.0. The fraction of sp³-hybridized carbons (Fsp3) is 0.389. The zero-order valence-electron chi connectivity index (χ0n) is 14.2. The minimum Gasteiger partial charge on any atom is -0.497 e. The lowest BCUT2D eigenvalue weighted by Gasteiger charge is -2.34. The van der Waals surface area contributed by atoms with Crippen molar-refractivity contribution in [1.82, 2.24) is 15.1 Å². The number of H-pyrrole nitrogens is 1. The van der Waals surface area contributed by atoms with E-state index in [1.807, 2.05) is 31.2 Å². The standard InChI is InChI=1S/C18H21N3O4/c1-11-10-21(8-7-14(11)18(23)24)17(22)16-9-15(19-20-16)12-3-5-13(25-2)6-4-12/h3-6,9,11,14H,7-8,10H2,1-2H3,(H,19,20)(H,23,24). The maximum Gasteiger partial charge on any atom is 0.306 e. The molecule has 2 heterocycles. The monoisotopic (exact) mass is 343 g/mol. The first-order chi connectivity index (χ1) is 12.0. The Labute approximate surface area is 145 Å². The van der Waals surface area contributed by atoms with Gasteiger partial charge in [-0.25, -0.2) is 0 Å². The van der Waals surface area contributed by atoms with Crippen molar-refractivity contribution in [2.24, 2.45) is 11.8 Å². The van der Waals surface area contributed by atoms with Gasteiger partial charge in [0.05, 0.1) is 18.7 Å². The van der Waals surface area contributed by atoms with Gasteiger partial charge in [-0.05, 0) is 42.7 Å². The van der Waals surface area contributed by atoms with Crippen LogP contribution in [0.3, 0.4) is 0 Å². The van der Waals surface area contributed by atoms with Gasteiger partial charge in [0.25, 0.3) is 5.91 Å². The van der Waals surface area contributed by atoms with Gasteiger partial charge in [-0.2, -0.15) is 5.10 Å². The van der Waals surface area contributed by atoms with Crippen molar-refractivity contribution >= 4 is 11.9 Å². The molecule has 1 saturated heterocycles. The zero-order valence-corrected chi connectivity index (χ0v) is 14.2. The summed E-state index contributed by atoms with van der Waals surface area (Å²) in [4.78, 5) is 25.5. The Morgan fingerprint density at radius 2 is 2.04 bits per heavy atom. The lowest BCUT2D eigenvalue weighted by Crippen LogP contribution is -2.45. The number of carboxylic acid groups (broad SMARTS) is 1. The van der Waals surface area contributed by atoms with Crippen LogP contribution in [0.1, 0.15) is 23.8 Å². The van der Waals surface area contributed by atoms with Gasteiger partial charge in [-0.1, -0.05) is 6.92 Å². The Kier molecular flexibility index (Phi) is 4.74. The Hall–Kier alpha value is -2.83. The van der Waals surface area contributed by atoms with Crippen molar-refractivity contribution in [2.45, 2.75) is 13.3 Å². The van der Waals surface area contributed by atoms with Crippen LogP contribution in [-0.4, -0.2) is 52.3 Å². The van der Waals surface area contributed by atoms with E-state index >= 15 is 0 Å². The number of hydrogen-bond donors (Lipinski definition) is 2. The van der Waals surface area contributed by atoms with Crippen molar-refractivity contribution in [3.63, 3.8) is 0 Å². The molecular formula is C18H21N3O4. The van der Waals surface area contributed by atoms with Gasteiger partial charge in [0.15, 0.2) is 0 Å². The summed E-state index contributed by atoms with van der Waals surface area (Å²) in [6, 6.07) is 9.15. The number of rotatable bonds is 4. The molecule has 0 spiro atoms. The molecule has 1 fully saturated rings. The third-order valence-corrected chi connectivity index (χ3v) is 4.70. The Balaban J connectivity index is 1.71. The van der Waals surface area contributed by atoms with Crippen molar-refractivity contribution in [3.05, 3.63) is 36.0 Å². The van der Waals surface area contributed by atoms with Crippen LogP contribution in [0.2, 0.25) is 0 Å². The Bertz CT molecular complexity index is 769. The average Bonchev–Trinajstić information content (AvgIpc) is 3.10. The minimum atomic E-state index is -0.789. The summed E-state index contributed by atoms with van der Waals surface area (Å²) in [6.45, 7) is 2.75. The highest BCUT2D eigenvalue weighted by Gasteiger charge is 2.33. The largest absolute Gasteiger partial charge is 0.497 e. The summed E-state index contributed by atoms with van der Waals surface area (Å²) < 4.78 is 5.13. The van der Waals surface area contributed by atoms with Gasteiger partial charge in [-0.3, -0.25) is 14.7 Å². The van der Waals surface area contributed by atoms with Gasteiger partial charge >= 0.3 is 5.97 Å². The maximum atomic E-state index is 12.7. The number of methoxy groups -OCH3 is 1. The second-order valence-corrected chi connectivity index (χ2v) is 6.36. The molecule has 1 aromatic carbocycles. The molecule has 7 nitrogen and oxygen atoms in total. The molecule has 0 radical (unpaired) electrons. The normalized spacial score (nSPS) is 20.3. The minimum absolute atomic E-state index is 0.0702. The number of carbonyl (C=O) groups is 2. The van der Waals surface area contributed by atoms with Gasteiger partial charge in [-0.15, -0.1) is 0 Å². The molecule has 2 atom stereocenters. The van der Waals surface area contributed by atoms with Crippen LogP contribution in [0.5, 0.6) is 5.75 Å². The topological polar surface area (TPSA) is 95.5 Å². The van der Waals surface area contributed by atoms with E-state index < -0.39 is 5.97 Å². The number of hydrogen-bond acceptors (Lipinski definition) is 4. The predicted octanol–water partition coefficient (Wildman–Crippen LogP) is 2.27. The van der Waals surface area contributed by atoms with Crippen LogP contribution in [0.4, 0.5) is 0 Å². The Morgan fingerprint density at radius 1 is 1.32 bits per heavy atom. The average molecular weight is 343 g/mol. The van der Waals surface area contributed by atoms with Crippen LogP contribution in [-0.2, 0) is 4.79 Å². The van der Waals surface area contributed by atoms with E-state index in [-0.39, 0.29) is 17.7 Å². The third-order valence-electron chi connectivity index (χ3n) is 4.70. The molecule has 7 heteroatoms. The van der Waals surface area contributed by atoms with E-state index in [0.29, 0.717) is 30.9 Å². The van der Waals surface area contributed by atoms with Crippen molar-refractivity contribution in [3.8, 4) is 17.0 Å². The number of carbonyl (C=O) groups excluding carboxylic acids is 1. The summed E-state index contributed by atoms with van der Waals surface area (Å²) in [5.74, 6) is -0.642. The molecule has 1 aliphatic heterocycles. The van der Waals surface area contributed by atoms with E-state index in [9.17, 15) is 14.7 Å². The number of aromatic amines is 1. The number of piperidine rings is 1. The van der Waals surface area contributed by atoms with Crippen LogP contribution in [0, 0.1) is 11.8 Å². The highest BCUT2D eigenvalue weighted by atomic mass is 16.5. The van der Waals surface area contributed by atoms with Crippen LogP contribution in [0.15, 0.2) is 30.3 Å². The van der Waals surface area contributed by atoms with Crippen molar-refractivity contribution in [2.75, 3.05) is 20.2 Å². The summed E-state index contributed by atoms with van der Waals surface area (Å²) in [7, 11) is 1.61. The number of nitrogens with zero attached hydrogens (tertiary/aromatic N) is 2. The molecule has 1 amide bonds. The van der Waals surface area contributed by atoms with E-state index in [1.165, 1.54) is 0 Å². The van der Waals surface area contributed by atoms with Crippen LogP contribution >= 0.6 is 0 Å². The maximum absolute atomic E-state index is 12.7. The zero-order chi connectivity index (χ0) is 18.0. The number of aromatic nitrogens is 2. The molecule has 0 saturated carbocycles.